The molecule has 0 radical (unpaired) electrons. The molecule has 0 aliphatic rings. The van der Waals surface area contributed by atoms with E-state index in [1.807, 2.05) is 0 Å². The van der Waals surface area contributed by atoms with Gasteiger partial charge in [0.25, 0.3) is 0 Å². The number of rotatable bonds is 9. The molecule has 10 aromatic carbocycles. The lowest BCUT2D eigenvalue weighted by atomic mass is 9.94. The lowest BCUT2D eigenvalue weighted by Gasteiger charge is -2.27. The second-order valence-corrected chi connectivity index (χ2v) is 15.7. The first-order valence-corrected chi connectivity index (χ1v) is 21.3. The van der Waals surface area contributed by atoms with Crippen molar-refractivity contribution in [1.82, 2.24) is 4.57 Å². The standard InChI is InChI=1S/C60H42N2/c1-4-18-43(19-5-1)44-34-36-49(37-35-44)61(50-26-16-24-47(40-50)55-30-12-10-28-53(55)45-20-6-2-7-21-45)52-38-39-58-57-32-14-15-33-59(57)62(60(58)42-52)51-27-17-25-48(41-51)56-31-13-11-29-54(56)46-22-8-3-9-23-46/h1-42H. The van der Waals surface area contributed by atoms with Gasteiger partial charge in [0, 0.05) is 33.5 Å². The minimum atomic E-state index is 1.08. The van der Waals surface area contributed by atoms with Crippen LogP contribution in [0, 0.1) is 0 Å². The van der Waals surface area contributed by atoms with E-state index >= 15 is 0 Å². The van der Waals surface area contributed by atoms with Crippen molar-refractivity contribution >= 4 is 38.9 Å². The van der Waals surface area contributed by atoms with E-state index < -0.39 is 0 Å². The Bertz CT molecular complexity index is 3330. The minimum Gasteiger partial charge on any atom is -0.310 e. The first kappa shape index (κ1) is 36.8. The van der Waals surface area contributed by atoms with Crippen LogP contribution in [0.25, 0.3) is 83.1 Å². The highest BCUT2D eigenvalue weighted by molar-refractivity contribution is 6.10. The summed E-state index contributed by atoms with van der Waals surface area (Å²) in [5.74, 6) is 0. The maximum Gasteiger partial charge on any atom is 0.0561 e. The zero-order valence-electron chi connectivity index (χ0n) is 34.1. The fraction of sp³-hybridized carbons (Fsp3) is 0. The first-order valence-electron chi connectivity index (χ1n) is 21.3. The molecule has 292 valence electrons. The molecular weight excluding hydrogens is 749 g/mol. The molecule has 0 fully saturated rings. The number of anilines is 3. The highest BCUT2D eigenvalue weighted by Gasteiger charge is 2.19. The quantitative estimate of drug-likeness (QED) is 0.141. The number of hydrogen-bond donors (Lipinski definition) is 0. The summed E-state index contributed by atoms with van der Waals surface area (Å²) in [6, 6.07) is 92.1. The van der Waals surface area contributed by atoms with Crippen LogP contribution in [0.15, 0.2) is 255 Å². The summed E-state index contributed by atoms with van der Waals surface area (Å²) in [6.45, 7) is 0. The zero-order chi connectivity index (χ0) is 41.2. The average Bonchev–Trinajstić information content (AvgIpc) is 3.69. The van der Waals surface area contributed by atoms with E-state index in [0.29, 0.717) is 0 Å². The number of hydrogen-bond acceptors (Lipinski definition) is 1. The molecule has 2 nitrogen and oxygen atoms in total. The minimum absolute atomic E-state index is 1.08. The van der Waals surface area contributed by atoms with Gasteiger partial charge in [-0.05, 0) is 110 Å². The number of nitrogens with zero attached hydrogens (tertiary/aromatic N) is 2. The summed E-state index contributed by atoms with van der Waals surface area (Å²) in [5.41, 5.74) is 18.7. The van der Waals surface area contributed by atoms with Gasteiger partial charge < -0.3 is 9.47 Å². The van der Waals surface area contributed by atoms with Crippen molar-refractivity contribution in [2.75, 3.05) is 4.90 Å². The van der Waals surface area contributed by atoms with Crippen LogP contribution < -0.4 is 4.90 Å². The summed E-state index contributed by atoms with van der Waals surface area (Å²) >= 11 is 0. The van der Waals surface area contributed by atoms with E-state index in [0.717, 1.165) is 33.8 Å². The Balaban J connectivity index is 1.09. The molecule has 0 aliphatic heterocycles. The van der Waals surface area contributed by atoms with Gasteiger partial charge in [-0.25, -0.2) is 0 Å². The van der Waals surface area contributed by atoms with Gasteiger partial charge in [0.15, 0.2) is 0 Å². The average molecular weight is 791 g/mol. The Hall–Kier alpha value is -8.20. The predicted molar refractivity (Wildman–Crippen MR) is 263 cm³/mol. The Labute approximate surface area is 362 Å². The van der Waals surface area contributed by atoms with Crippen molar-refractivity contribution in [3.63, 3.8) is 0 Å². The number of para-hydroxylation sites is 1. The van der Waals surface area contributed by atoms with Crippen LogP contribution in [0.1, 0.15) is 0 Å². The van der Waals surface area contributed by atoms with Crippen LogP contribution in [0.3, 0.4) is 0 Å². The summed E-state index contributed by atoms with van der Waals surface area (Å²) in [7, 11) is 0. The highest BCUT2D eigenvalue weighted by Crippen LogP contribution is 2.43. The van der Waals surface area contributed by atoms with Crippen LogP contribution >= 0.6 is 0 Å². The Morgan fingerprint density at radius 3 is 1.31 bits per heavy atom. The third-order valence-corrected chi connectivity index (χ3v) is 12.0. The van der Waals surface area contributed by atoms with E-state index in [1.165, 1.54) is 66.4 Å². The first-order chi connectivity index (χ1) is 30.8. The molecule has 0 aliphatic carbocycles. The van der Waals surface area contributed by atoms with Crippen molar-refractivity contribution in [3.05, 3.63) is 255 Å². The number of fused-ring (bicyclic) bond motifs is 3. The molecule has 0 saturated heterocycles. The maximum atomic E-state index is 2.44. The van der Waals surface area contributed by atoms with E-state index in [2.05, 4.69) is 264 Å². The number of aromatic nitrogens is 1. The number of benzene rings is 10. The summed E-state index contributed by atoms with van der Waals surface area (Å²) < 4.78 is 2.44. The van der Waals surface area contributed by atoms with E-state index in [4.69, 9.17) is 0 Å². The molecule has 0 N–H and O–H groups in total. The summed E-state index contributed by atoms with van der Waals surface area (Å²) in [5, 5.41) is 2.44. The lowest BCUT2D eigenvalue weighted by molar-refractivity contribution is 1.18. The summed E-state index contributed by atoms with van der Waals surface area (Å²) in [4.78, 5) is 2.40. The molecule has 2 heteroatoms. The van der Waals surface area contributed by atoms with Gasteiger partial charge in [-0.1, -0.05) is 200 Å². The molecule has 1 aromatic heterocycles. The van der Waals surface area contributed by atoms with Gasteiger partial charge >= 0.3 is 0 Å². The molecule has 0 atom stereocenters. The van der Waals surface area contributed by atoms with Gasteiger partial charge in [0.2, 0.25) is 0 Å². The molecule has 62 heavy (non-hydrogen) atoms. The maximum absolute atomic E-state index is 2.44. The molecule has 0 amide bonds. The molecule has 0 bridgehead atoms. The Morgan fingerprint density at radius 1 is 0.242 bits per heavy atom. The van der Waals surface area contributed by atoms with Crippen LogP contribution in [0.2, 0.25) is 0 Å². The Kier molecular flexibility index (Phi) is 9.57. The molecule has 11 aromatic rings. The third kappa shape index (κ3) is 6.84. The van der Waals surface area contributed by atoms with Crippen molar-refractivity contribution in [2.24, 2.45) is 0 Å². The monoisotopic (exact) mass is 790 g/mol. The van der Waals surface area contributed by atoms with E-state index in [1.54, 1.807) is 0 Å². The van der Waals surface area contributed by atoms with Gasteiger partial charge in [-0.3, -0.25) is 0 Å². The second-order valence-electron chi connectivity index (χ2n) is 15.7. The predicted octanol–water partition coefficient (Wildman–Crippen LogP) is 16.6. The van der Waals surface area contributed by atoms with Crippen molar-refractivity contribution in [1.29, 1.82) is 0 Å². The van der Waals surface area contributed by atoms with Crippen LogP contribution in [-0.4, -0.2) is 4.57 Å². The van der Waals surface area contributed by atoms with Gasteiger partial charge in [-0.15, -0.1) is 0 Å². The van der Waals surface area contributed by atoms with Gasteiger partial charge in [0.05, 0.1) is 11.0 Å². The zero-order valence-corrected chi connectivity index (χ0v) is 34.1. The SMILES string of the molecule is c1ccc(-c2ccc(N(c3cccc(-c4ccccc4-c4ccccc4)c3)c3ccc4c5ccccc5n(-c5cccc(-c6ccccc6-c6ccccc6)c5)c4c3)cc2)cc1. The Morgan fingerprint density at radius 2 is 0.677 bits per heavy atom. The third-order valence-electron chi connectivity index (χ3n) is 12.0. The largest absolute Gasteiger partial charge is 0.310 e. The molecule has 1 heterocycles. The molecule has 0 spiro atoms. The topological polar surface area (TPSA) is 8.17 Å². The van der Waals surface area contributed by atoms with Crippen molar-refractivity contribution in [3.8, 4) is 61.3 Å². The molecule has 0 unspecified atom stereocenters. The molecule has 11 rings (SSSR count). The normalized spacial score (nSPS) is 11.2. The highest BCUT2D eigenvalue weighted by atomic mass is 15.1. The van der Waals surface area contributed by atoms with Crippen LogP contribution in [0.5, 0.6) is 0 Å². The molecule has 0 saturated carbocycles. The second kappa shape index (κ2) is 16.1. The fourth-order valence-electron chi connectivity index (χ4n) is 9.09. The van der Waals surface area contributed by atoms with E-state index in [-0.39, 0.29) is 0 Å². The van der Waals surface area contributed by atoms with Gasteiger partial charge in [-0.2, -0.15) is 0 Å². The van der Waals surface area contributed by atoms with Gasteiger partial charge in [0.1, 0.15) is 0 Å². The van der Waals surface area contributed by atoms with Crippen LogP contribution in [-0.2, 0) is 0 Å². The van der Waals surface area contributed by atoms with E-state index in [9.17, 15) is 0 Å². The van der Waals surface area contributed by atoms with Crippen molar-refractivity contribution < 1.29 is 0 Å². The summed E-state index contributed by atoms with van der Waals surface area (Å²) in [6.07, 6.45) is 0. The molecular formula is C60H42N2. The van der Waals surface area contributed by atoms with Crippen molar-refractivity contribution in [2.45, 2.75) is 0 Å². The van der Waals surface area contributed by atoms with Crippen LogP contribution in [0.4, 0.5) is 17.1 Å². The lowest BCUT2D eigenvalue weighted by Crippen LogP contribution is -2.10. The smallest absolute Gasteiger partial charge is 0.0561 e. The fourth-order valence-corrected chi connectivity index (χ4v) is 9.09.